The van der Waals surface area contributed by atoms with E-state index in [-0.39, 0.29) is 5.91 Å². The number of furan rings is 1. The van der Waals surface area contributed by atoms with Crippen molar-refractivity contribution in [3.63, 3.8) is 0 Å². The quantitative estimate of drug-likeness (QED) is 0.802. The van der Waals surface area contributed by atoms with Crippen LogP contribution in [0.4, 0.5) is 0 Å². The lowest BCUT2D eigenvalue weighted by molar-refractivity contribution is -0.131. The van der Waals surface area contributed by atoms with Gasteiger partial charge in [0.15, 0.2) is 10.8 Å². The van der Waals surface area contributed by atoms with E-state index >= 15 is 0 Å². The number of carbonyl (C=O) groups is 1. The first-order valence-corrected chi connectivity index (χ1v) is 8.37. The van der Waals surface area contributed by atoms with Gasteiger partial charge in [0.05, 0.1) is 18.3 Å². The Hall–Kier alpha value is -2.41. The highest BCUT2D eigenvalue weighted by Crippen LogP contribution is 2.26. The molecule has 4 heterocycles. The Balaban J connectivity index is 1.44. The van der Waals surface area contributed by atoms with Gasteiger partial charge in [-0.25, -0.2) is 4.98 Å². The summed E-state index contributed by atoms with van der Waals surface area (Å²) in [6, 6.07) is 3.82. The second-order valence-corrected chi connectivity index (χ2v) is 6.53. The number of carbonyl (C=O) groups excluding carboxylic acids is 1. The molecule has 7 heteroatoms. The van der Waals surface area contributed by atoms with Crippen molar-refractivity contribution in [3.8, 4) is 10.8 Å². The summed E-state index contributed by atoms with van der Waals surface area (Å²) in [4.78, 5) is 18.9. The van der Waals surface area contributed by atoms with Crippen LogP contribution >= 0.6 is 11.3 Å². The largest absolute Gasteiger partial charge is 0.459 e. The lowest BCUT2D eigenvalue weighted by atomic mass is 10.1. The van der Waals surface area contributed by atoms with Gasteiger partial charge in [-0.05, 0) is 19.1 Å². The van der Waals surface area contributed by atoms with Gasteiger partial charge in [-0.15, -0.1) is 11.3 Å². The summed E-state index contributed by atoms with van der Waals surface area (Å²) in [6.07, 6.45) is 2.95. The maximum absolute atomic E-state index is 12.5. The maximum Gasteiger partial charge on any atom is 0.228 e. The molecule has 3 aromatic heterocycles. The summed E-state index contributed by atoms with van der Waals surface area (Å²) in [7, 11) is 0. The van der Waals surface area contributed by atoms with Crippen molar-refractivity contribution in [3.05, 3.63) is 46.4 Å². The molecule has 4 rings (SSSR count). The van der Waals surface area contributed by atoms with Gasteiger partial charge >= 0.3 is 0 Å². The zero-order chi connectivity index (χ0) is 15.8. The Morgan fingerprint density at radius 2 is 2.39 bits per heavy atom. The third-order valence-electron chi connectivity index (χ3n) is 3.99. The first kappa shape index (κ1) is 14.2. The summed E-state index contributed by atoms with van der Waals surface area (Å²) in [5.74, 6) is 1.72. The number of aromatic amines is 1. The molecular weight excluding hydrogens is 312 g/mol. The van der Waals surface area contributed by atoms with Crippen molar-refractivity contribution in [1.82, 2.24) is 20.1 Å². The Morgan fingerprint density at radius 1 is 1.48 bits per heavy atom. The SMILES string of the molecule is Cc1ccc(-c2nc(CC(=O)N3CCc4[nH]ncc4C3)cs2)o1. The van der Waals surface area contributed by atoms with Crippen molar-refractivity contribution in [2.75, 3.05) is 6.54 Å². The number of fused-ring (bicyclic) bond motifs is 1. The molecule has 0 radical (unpaired) electrons. The monoisotopic (exact) mass is 328 g/mol. The van der Waals surface area contributed by atoms with Crippen LogP contribution < -0.4 is 0 Å². The third-order valence-corrected chi connectivity index (χ3v) is 4.89. The van der Waals surface area contributed by atoms with Crippen LogP contribution in [0.25, 0.3) is 10.8 Å². The molecule has 0 aliphatic carbocycles. The molecule has 0 atom stereocenters. The molecule has 1 aliphatic heterocycles. The van der Waals surface area contributed by atoms with E-state index in [2.05, 4.69) is 15.2 Å². The molecule has 23 heavy (non-hydrogen) atoms. The van der Waals surface area contributed by atoms with Gasteiger partial charge in [-0.3, -0.25) is 9.89 Å². The molecule has 1 N–H and O–H groups in total. The average Bonchev–Trinajstić information content (AvgIpc) is 3.26. The molecule has 0 aromatic carbocycles. The van der Waals surface area contributed by atoms with E-state index in [0.29, 0.717) is 13.0 Å². The predicted molar refractivity (Wildman–Crippen MR) is 86.0 cm³/mol. The number of thiazole rings is 1. The second kappa shape index (κ2) is 5.66. The van der Waals surface area contributed by atoms with E-state index in [9.17, 15) is 4.79 Å². The molecule has 1 amide bonds. The summed E-state index contributed by atoms with van der Waals surface area (Å²) < 4.78 is 5.58. The van der Waals surface area contributed by atoms with Gasteiger partial charge in [-0.1, -0.05) is 0 Å². The summed E-state index contributed by atoms with van der Waals surface area (Å²) in [5.41, 5.74) is 3.04. The fourth-order valence-electron chi connectivity index (χ4n) is 2.75. The average molecular weight is 328 g/mol. The third kappa shape index (κ3) is 2.79. The Bertz CT molecular complexity index is 848. The molecule has 0 fully saturated rings. The molecule has 1 aliphatic rings. The van der Waals surface area contributed by atoms with E-state index in [1.165, 1.54) is 11.3 Å². The number of amides is 1. The van der Waals surface area contributed by atoms with Crippen LogP contribution in [0.5, 0.6) is 0 Å². The van der Waals surface area contributed by atoms with Crippen LogP contribution in [-0.4, -0.2) is 32.5 Å². The van der Waals surface area contributed by atoms with Crippen LogP contribution in [0, 0.1) is 6.92 Å². The smallest absolute Gasteiger partial charge is 0.228 e. The Kier molecular flexibility index (Phi) is 3.49. The number of rotatable bonds is 3. The highest BCUT2D eigenvalue weighted by Gasteiger charge is 2.22. The molecule has 0 saturated carbocycles. The molecule has 0 spiro atoms. The fraction of sp³-hybridized carbons (Fsp3) is 0.312. The predicted octanol–water partition coefficient (Wildman–Crippen LogP) is 2.56. The molecule has 0 saturated heterocycles. The van der Waals surface area contributed by atoms with E-state index in [0.717, 1.165) is 46.4 Å². The van der Waals surface area contributed by atoms with Gasteiger partial charge in [-0.2, -0.15) is 5.10 Å². The minimum atomic E-state index is 0.101. The van der Waals surface area contributed by atoms with Crippen molar-refractivity contribution in [2.45, 2.75) is 26.3 Å². The highest BCUT2D eigenvalue weighted by atomic mass is 32.1. The van der Waals surface area contributed by atoms with Gasteiger partial charge in [0.1, 0.15) is 5.76 Å². The topological polar surface area (TPSA) is 75.0 Å². The van der Waals surface area contributed by atoms with Gasteiger partial charge in [0.25, 0.3) is 0 Å². The summed E-state index contributed by atoms with van der Waals surface area (Å²) in [5, 5.41) is 9.76. The van der Waals surface area contributed by atoms with E-state index in [1.807, 2.05) is 29.3 Å². The number of hydrogen-bond donors (Lipinski definition) is 1. The van der Waals surface area contributed by atoms with E-state index < -0.39 is 0 Å². The maximum atomic E-state index is 12.5. The van der Waals surface area contributed by atoms with Crippen LogP contribution in [0.1, 0.15) is 22.7 Å². The lowest BCUT2D eigenvalue weighted by Gasteiger charge is -2.26. The highest BCUT2D eigenvalue weighted by molar-refractivity contribution is 7.13. The number of aryl methyl sites for hydroxylation is 1. The van der Waals surface area contributed by atoms with E-state index in [4.69, 9.17) is 4.42 Å². The van der Waals surface area contributed by atoms with Crippen molar-refractivity contribution < 1.29 is 9.21 Å². The van der Waals surface area contributed by atoms with Crippen LogP contribution in [0.15, 0.2) is 28.1 Å². The Labute approximate surface area is 137 Å². The summed E-state index contributed by atoms with van der Waals surface area (Å²) in [6.45, 7) is 3.25. The van der Waals surface area contributed by atoms with Crippen LogP contribution in [-0.2, 0) is 24.2 Å². The normalized spacial score (nSPS) is 14.0. The number of aromatic nitrogens is 3. The molecule has 3 aromatic rings. The standard InChI is InChI=1S/C16H16N4O2S/c1-10-2-3-14(22-10)16-18-12(9-23-16)6-15(21)20-5-4-13-11(8-20)7-17-19-13/h2-3,7,9H,4-6,8H2,1H3,(H,17,19). The fourth-order valence-corrected chi connectivity index (χ4v) is 3.53. The molecule has 6 nitrogen and oxygen atoms in total. The molecule has 0 bridgehead atoms. The number of nitrogens with zero attached hydrogens (tertiary/aromatic N) is 3. The van der Waals surface area contributed by atoms with Crippen molar-refractivity contribution in [1.29, 1.82) is 0 Å². The first-order valence-electron chi connectivity index (χ1n) is 7.49. The number of hydrogen-bond acceptors (Lipinski definition) is 5. The van der Waals surface area contributed by atoms with Crippen molar-refractivity contribution >= 4 is 17.2 Å². The van der Waals surface area contributed by atoms with E-state index in [1.54, 1.807) is 6.20 Å². The zero-order valence-electron chi connectivity index (χ0n) is 12.7. The van der Waals surface area contributed by atoms with Gasteiger partial charge < -0.3 is 9.32 Å². The second-order valence-electron chi connectivity index (χ2n) is 5.67. The molecule has 118 valence electrons. The minimum Gasteiger partial charge on any atom is -0.459 e. The molecule has 0 unspecified atom stereocenters. The Morgan fingerprint density at radius 3 is 3.22 bits per heavy atom. The summed E-state index contributed by atoms with van der Waals surface area (Å²) >= 11 is 1.50. The van der Waals surface area contributed by atoms with Gasteiger partial charge in [0, 0.05) is 36.1 Å². The first-order chi connectivity index (χ1) is 11.2. The van der Waals surface area contributed by atoms with Gasteiger partial charge in [0.2, 0.25) is 5.91 Å². The number of H-pyrrole nitrogens is 1. The van der Waals surface area contributed by atoms with Crippen LogP contribution in [0.3, 0.4) is 0 Å². The zero-order valence-corrected chi connectivity index (χ0v) is 13.5. The minimum absolute atomic E-state index is 0.101. The van der Waals surface area contributed by atoms with Crippen molar-refractivity contribution in [2.24, 2.45) is 0 Å². The number of nitrogens with one attached hydrogen (secondary N) is 1. The lowest BCUT2D eigenvalue weighted by Crippen LogP contribution is -2.36. The van der Waals surface area contributed by atoms with Crippen LogP contribution in [0.2, 0.25) is 0 Å². The molecular formula is C16H16N4O2S.